The SMILES string of the molecule is O=C(NC1(C(=O)O)CCCOC1)c1cc(F)ccc1C(F)(F)F. The van der Waals surface area contributed by atoms with Crippen LogP contribution in [0.2, 0.25) is 0 Å². The Morgan fingerprint density at radius 1 is 1.30 bits per heavy atom. The smallest absolute Gasteiger partial charge is 0.417 e. The highest BCUT2D eigenvalue weighted by Crippen LogP contribution is 2.33. The van der Waals surface area contributed by atoms with Crippen LogP contribution in [0.1, 0.15) is 28.8 Å². The topological polar surface area (TPSA) is 75.6 Å². The van der Waals surface area contributed by atoms with Gasteiger partial charge in [-0.1, -0.05) is 0 Å². The number of carboxylic acid groups (broad SMARTS) is 1. The highest BCUT2D eigenvalue weighted by atomic mass is 19.4. The van der Waals surface area contributed by atoms with Crippen LogP contribution in [0.3, 0.4) is 0 Å². The van der Waals surface area contributed by atoms with Gasteiger partial charge in [0.2, 0.25) is 0 Å². The van der Waals surface area contributed by atoms with Gasteiger partial charge in [-0.15, -0.1) is 0 Å². The Morgan fingerprint density at radius 3 is 2.52 bits per heavy atom. The summed E-state index contributed by atoms with van der Waals surface area (Å²) in [5.41, 5.74) is -4.14. The van der Waals surface area contributed by atoms with Crippen molar-refractivity contribution in [2.45, 2.75) is 24.6 Å². The zero-order valence-electron chi connectivity index (χ0n) is 11.7. The van der Waals surface area contributed by atoms with E-state index in [4.69, 9.17) is 4.74 Å². The fourth-order valence-electron chi connectivity index (χ4n) is 2.35. The van der Waals surface area contributed by atoms with Crippen molar-refractivity contribution < 1.29 is 37.0 Å². The summed E-state index contributed by atoms with van der Waals surface area (Å²) in [5.74, 6) is -3.77. The van der Waals surface area contributed by atoms with E-state index in [1.807, 2.05) is 0 Å². The van der Waals surface area contributed by atoms with Crippen LogP contribution in [0.15, 0.2) is 18.2 Å². The normalized spacial score (nSPS) is 21.7. The van der Waals surface area contributed by atoms with E-state index in [0.29, 0.717) is 31.2 Å². The average molecular weight is 335 g/mol. The number of benzene rings is 1. The molecule has 0 aromatic heterocycles. The highest BCUT2D eigenvalue weighted by Gasteiger charge is 2.44. The summed E-state index contributed by atoms with van der Waals surface area (Å²) in [4.78, 5) is 23.5. The molecule has 1 aliphatic rings. The van der Waals surface area contributed by atoms with Crippen molar-refractivity contribution >= 4 is 11.9 Å². The second-order valence-corrected chi connectivity index (χ2v) is 5.19. The maximum absolute atomic E-state index is 13.2. The minimum absolute atomic E-state index is 0.00470. The standard InChI is InChI=1S/C14H13F4NO4/c15-8-2-3-10(14(16,17)18)9(6-8)11(20)19-13(12(21)22)4-1-5-23-7-13/h2-3,6H,1,4-5,7H2,(H,19,20)(H,21,22). The number of ether oxygens (including phenoxy) is 1. The summed E-state index contributed by atoms with van der Waals surface area (Å²) in [6, 6.07) is 1.45. The lowest BCUT2D eigenvalue weighted by atomic mass is 9.91. The van der Waals surface area contributed by atoms with E-state index in [1.165, 1.54) is 0 Å². The molecule has 2 N–H and O–H groups in total. The van der Waals surface area contributed by atoms with E-state index in [2.05, 4.69) is 5.32 Å². The molecule has 0 aliphatic carbocycles. The molecule has 23 heavy (non-hydrogen) atoms. The Morgan fingerprint density at radius 2 is 2.00 bits per heavy atom. The van der Waals surface area contributed by atoms with Crippen molar-refractivity contribution in [3.05, 3.63) is 35.1 Å². The summed E-state index contributed by atoms with van der Waals surface area (Å²) < 4.78 is 57.0. The maximum atomic E-state index is 13.2. The fourth-order valence-corrected chi connectivity index (χ4v) is 2.35. The quantitative estimate of drug-likeness (QED) is 0.831. The molecule has 1 unspecified atom stereocenters. The molecule has 9 heteroatoms. The van der Waals surface area contributed by atoms with Crippen molar-refractivity contribution in [1.82, 2.24) is 5.32 Å². The number of amides is 1. The molecule has 5 nitrogen and oxygen atoms in total. The lowest BCUT2D eigenvalue weighted by molar-refractivity contribution is -0.150. The molecule has 126 valence electrons. The molecule has 0 spiro atoms. The molecule has 1 atom stereocenters. The van der Waals surface area contributed by atoms with Gasteiger partial charge in [0.1, 0.15) is 5.82 Å². The number of rotatable bonds is 3. The highest BCUT2D eigenvalue weighted by molar-refractivity contribution is 5.99. The number of nitrogens with one attached hydrogen (secondary N) is 1. The summed E-state index contributed by atoms with van der Waals surface area (Å²) in [6.45, 7) is -0.0800. The maximum Gasteiger partial charge on any atom is 0.417 e. The Labute approximate surface area is 128 Å². The predicted molar refractivity (Wildman–Crippen MR) is 69.3 cm³/mol. The summed E-state index contributed by atoms with van der Waals surface area (Å²) in [5, 5.41) is 11.3. The first-order valence-electron chi connectivity index (χ1n) is 6.66. The molecule has 2 rings (SSSR count). The summed E-state index contributed by atoms with van der Waals surface area (Å²) >= 11 is 0. The molecule has 1 aromatic rings. The molecule has 1 saturated heterocycles. The van der Waals surface area contributed by atoms with Gasteiger partial charge in [0.15, 0.2) is 5.54 Å². The summed E-state index contributed by atoms with van der Waals surface area (Å²) in [6.07, 6.45) is -4.55. The molecule has 1 fully saturated rings. The van der Waals surface area contributed by atoms with Crippen molar-refractivity contribution in [2.75, 3.05) is 13.2 Å². The van der Waals surface area contributed by atoms with E-state index in [1.54, 1.807) is 0 Å². The molecule has 1 amide bonds. The van der Waals surface area contributed by atoms with E-state index in [9.17, 15) is 32.3 Å². The zero-order valence-corrected chi connectivity index (χ0v) is 11.7. The van der Waals surface area contributed by atoms with Crippen LogP contribution in [-0.4, -0.2) is 35.7 Å². The molecule has 1 aliphatic heterocycles. The van der Waals surface area contributed by atoms with Gasteiger partial charge in [-0.3, -0.25) is 4.79 Å². The number of carboxylic acids is 1. The minimum atomic E-state index is -4.88. The Hall–Kier alpha value is -2.16. The molecule has 0 saturated carbocycles. The summed E-state index contributed by atoms with van der Waals surface area (Å²) in [7, 11) is 0. The van der Waals surface area contributed by atoms with Crippen LogP contribution in [0.25, 0.3) is 0 Å². The Kier molecular flexibility index (Phi) is 4.60. The Balaban J connectivity index is 2.37. The van der Waals surface area contributed by atoms with Gasteiger partial charge in [0.25, 0.3) is 5.91 Å². The second kappa shape index (κ2) is 6.15. The van der Waals surface area contributed by atoms with Crippen LogP contribution >= 0.6 is 0 Å². The first-order chi connectivity index (χ1) is 10.7. The van der Waals surface area contributed by atoms with Crippen LogP contribution in [-0.2, 0) is 15.7 Å². The van der Waals surface area contributed by atoms with E-state index in [-0.39, 0.29) is 13.0 Å². The van der Waals surface area contributed by atoms with Crippen molar-refractivity contribution in [2.24, 2.45) is 0 Å². The largest absolute Gasteiger partial charge is 0.479 e. The number of halogens is 4. The van der Waals surface area contributed by atoms with Crippen LogP contribution in [0.5, 0.6) is 0 Å². The van der Waals surface area contributed by atoms with Crippen molar-refractivity contribution in [3.8, 4) is 0 Å². The number of aliphatic carboxylic acids is 1. The molecule has 1 heterocycles. The number of carbonyl (C=O) groups excluding carboxylic acids is 1. The molecular formula is C14H13F4NO4. The van der Waals surface area contributed by atoms with Crippen LogP contribution in [0, 0.1) is 5.82 Å². The molecule has 0 bridgehead atoms. The minimum Gasteiger partial charge on any atom is -0.479 e. The number of hydrogen-bond donors (Lipinski definition) is 2. The van der Waals surface area contributed by atoms with Gasteiger partial charge >= 0.3 is 12.1 Å². The van der Waals surface area contributed by atoms with E-state index in [0.717, 1.165) is 0 Å². The van der Waals surface area contributed by atoms with Crippen LogP contribution < -0.4 is 5.32 Å². The number of carbonyl (C=O) groups is 2. The first-order valence-corrected chi connectivity index (χ1v) is 6.66. The van der Waals surface area contributed by atoms with Gasteiger partial charge in [0.05, 0.1) is 17.7 Å². The number of hydrogen-bond acceptors (Lipinski definition) is 3. The van der Waals surface area contributed by atoms with Crippen molar-refractivity contribution in [1.29, 1.82) is 0 Å². The van der Waals surface area contributed by atoms with Gasteiger partial charge in [-0.2, -0.15) is 13.2 Å². The number of alkyl halides is 3. The average Bonchev–Trinajstić information content (AvgIpc) is 2.46. The van der Waals surface area contributed by atoms with Gasteiger partial charge < -0.3 is 15.2 Å². The van der Waals surface area contributed by atoms with Crippen LogP contribution in [0.4, 0.5) is 17.6 Å². The Bertz CT molecular complexity index is 624. The van der Waals surface area contributed by atoms with E-state index < -0.39 is 40.5 Å². The lowest BCUT2D eigenvalue weighted by Gasteiger charge is -2.34. The second-order valence-electron chi connectivity index (χ2n) is 5.19. The predicted octanol–water partition coefficient (Wildman–Crippen LogP) is 2.21. The molecular weight excluding hydrogens is 322 g/mol. The lowest BCUT2D eigenvalue weighted by Crippen LogP contribution is -2.59. The fraction of sp³-hybridized carbons (Fsp3) is 0.429. The van der Waals surface area contributed by atoms with Gasteiger partial charge in [-0.25, -0.2) is 9.18 Å². The third-order valence-electron chi connectivity index (χ3n) is 3.53. The molecule has 0 radical (unpaired) electrons. The third kappa shape index (κ3) is 3.61. The van der Waals surface area contributed by atoms with Gasteiger partial charge in [-0.05, 0) is 31.0 Å². The first kappa shape index (κ1) is 17.2. The van der Waals surface area contributed by atoms with E-state index >= 15 is 0 Å². The monoisotopic (exact) mass is 335 g/mol. The third-order valence-corrected chi connectivity index (χ3v) is 3.53. The van der Waals surface area contributed by atoms with Crippen molar-refractivity contribution in [3.63, 3.8) is 0 Å². The zero-order chi connectivity index (χ0) is 17.3. The van der Waals surface area contributed by atoms with Gasteiger partial charge in [0, 0.05) is 6.61 Å². The molecule has 1 aromatic carbocycles.